The van der Waals surface area contributed by atoms with Crippen LogP contribution in [-0.2, 0) is 0 Å². The first kappa shape index (κ1) is 22.4. The minimum Gasteiger partial charge on any atom is -0.496 e. The first-order valence-electron chi connectivity index (χ1n) is 10.0. The summed E-state index contributed by atoms with van der Waals surface area (Å²) < 4.78 is 17.2. The second-order valence-electron chi connectivity index (χ2n) is 7.28. The maximum Gasteiger partial charge on any atom is 0.291 e. The van der Waals surface area contributed by atoms with Gasteiger partial charge in [-0.1, -0.05) is 34.1 Å². The first-order chi connectivity index (χ1) is 15.9. The minimum absolute atomic E-state index is 0.188. The number of fused-ring (bicyclic) bond motifs is 1. The molecule has 7 nitrogen and oxygen atoms in total. The van der Waals surface area contributed by atoms with E-state index >= 15 is 0 Å². The Kier molecular flexibility index (Phi) is 6.37. The molecule has 0 saturated carbocycles. The fraction of sp³-hybridized carbons (Fsp3) is 0.120. The summed E-state index contributed by atoms with van der Waals surface area (Å²) in [6.07, 6.45) is 0. The normalized spacial score (nSPS) is 10.7. The molecule has 168 valence electrons. The summed E-state index contributed by atoms with van der Waals surface area (Å²) in [6.45, 7) is 1.86. The number of rotatable bonds is 6. The molecule has 1 aromatic heterocycles. The third kappa shape index (κ3) is 4.70. The lowest BCUT2D eigenvalue weighted by molar-refractivity contribution is 0.0995. The molecule has 0 saturated heterocycles. The highest BCUT2D eigenvalue weighted by Gasteiger charge is 2.18. The van der Waals surface area contributed by atoms with E-state index in [1.807, 2.05) is 31.2 Å². The van der Waals surface area contributed by atoms with Gasteiger partial charge in [0, 0.05) is 21.6 Å². The van der Waals surface area contributed by atoms with Crippen molar-refractivity contribution >= 4 is 50.1 Å². The third-order valence-corrected chi connectivity index (χ3v) is 5.50. The predicted molar refractivity (Wildman–Crippen MR) is 131 cm³/mol. The molecule has 4 aromatic rings. The van der Waals surface area contributed by atoms with Crippen LogP contribution in [0, 0.1) is 6.92 Å². The highest BCUT2D eigenvalue weighted by Crippen LogP contribution is 2.31. The van der Waals surface area contributed by atoms with E-state index < -0.39 is 5.91 Å². The Bertz CT molecular complexity index is 1330. The van der Waals surface area contributed by atoms with Crippen LogP contribution >= 0.6 is 15.9 Å². The van der Waals surface area contributed by atoms with E-state index in [4.69, 9.17) is 13.9 Å². The molecule has 0 aliphatic rings. The Balaban J connectivity index is 1.54. The molecule has 0 aliphatic heterocycles. The number of aryl methyl sites for hydroxylation is 1. The maximum absolute atomic E-state index is 12.9. The smallest absolute Gasteiger partial charge is 0.291 e. The van der Waals surface area contributed by atoms with Crippen LogP contribution in [0.15, 0.2) is 69.6 Å². The Hall–Kier alpha value is -3.78. The van der Waals surface area contributed by atoms with Gasteiger partial charge in [-0.25, -0.2) is 0 Å². The van der Waals surface area contributed by atoms with Crippen molar-refractivity contribution in [2.24, 2.45) is 0 Å². The number of carbonyl (C=O) groups excluding carboxylic acids is 2. The molecule has 0 bridgehead atoms. The second kappa shape index (κ2) is 9.38. The van der Waals surface area contributed by atoms with Crippen LogP contribution in [0.3, 0.4) is 0 Å². The number of hydrogen-bond acceptors (Lipinski definition) is 5. The van der Waals surface area contributed by atoms with Gasteiger partial charge >= 0.3 is 0 Å². The molecule has 2 amide bonds. The number of carbonyl (C=O) groups is 2. The van der Waals surface area contributed by atoms with Gasteiger partial charge in [-0.3, -0.25) is 9.59 Å². The summed E-state index contributed by atoms with van der Waals surface area (Å²) in [5.41, 5.74) is 2.80. The van der Waals surface area contributed by atoms with Crippen molar-refractivity contribution in [1.82, 2.24) is 0 Å². The molecule has 0 spiro atoms. The van der Waals surface area contributed by atoms with Gasteiger partial charge in [0.05, 0.1) is 25.5 Å². The van der Waals surface area contributed by atoms with Crippen molar-refractivity contribution in [2.75, 3.05) is 24.9 Å². The molecule has 0 fully saturated rings. The van der Waals surface area contributed by atoms with Crippen molar-refractivity contribution in [3.63, 3.8) is 0 Å². The van der Waals surface area contributed by atoms with Crippen molar-refractivity contribution in [3.8, 4) is 11.5 Å². The Morgan fingerprint density at radius 3 is 2.42 bits per heavy atom. The van der Waals surface area contributed by atoms with Crippen molar-refractivity contribution in [2.45, 2.75) is 6.92 Å². The molecular formula is C25H21BrN2O5. The minimum atomic E-state index is -0.407. The SMILES string of the molecule is COc1cc(NC(=O)c2cc(Br)cc(C)c2OC)ccc1NC(=O)c1cc2ccccc2o1. The molecule has 8 heteroatoms. The fourth-order valence-electron chi connectivity index (χ4n) is 3.52. The Morgan fingerprint density at radius 1 is 0.909 bits per heavy atom. The van der Waals surface area contributed by atoms with Gasteiger partial charge in [0.2, 0.25) is 0 Å². The summed E-state index contributed by atoms with van der Waals surface area (Å²) in [4.78, 5) is 25.6. The van der Waals surface area contributed by atoms with Gasteiger partial charge in [0.25, 0.3) is 11.8 Å². The van der Waals surface area contributed by atoms with Gasteiger partial charge in [0.15, 0.2) is 5.76 Å². The van der Waals surface area contributed by atoms with E-state index in [0.29, 0.717) is 34.0 Å². The number of amides is 2. The number of ether oxygens (including phenoxy) is 2. The van der Waals surface area contributed by atoms with E-state index in [-0.39, 0.29) is 11.7 Å². The van der Waals surface area contributed by atoms with E-state index in [0.717, 1.165) is 15.4 Å². The van der Waals surface area contributed by atoms with Crippen molar-refractivity contribution in [1.29, 1.82) is 0 Å². The number of anilines is 2. The van der Waals surface area contributed by atoms with Crippen LogP contribution in [0.1, 0.15) is 26.5 Å². The van der Waals surface area contributed by atoms with E-state index in [2.05, 4.69) is 26.6 Å². The maximum atomic E-state index is 12.9. The molecular weight excluding hydrogens is 488 g/mol. The predicted octanol–water partition coefficient (Wildman–Crippen LogP) is 6.03. The average molecular weight is 509 g/mol. The van der Waals surface area contributed by atoms with Crippen LogP contribution in [0.2, 0.25) is 0 Å². The second-order valence-corrected chi connectivity index (χ2v) is 8.19. The highest BCUT2D eigenvalue weighted by atomic mass is 79.9. The number of nitrogens with one attached hydrogen (secondary N) is 2. The average Bonchev–Trinajstić information content (AvgIpc) is 3.24. The van der Waals surface area contributed by atoms with Gasteiger partial charge in [0.1, 0.15) is 17.1 Å². The molecule has 4 rings (SSSR count). The largest absolute Gasteiger partial charge is 0.496 e. The van der Waals surface area contributed by atoms with Crippen LogP contribution in [0.4, 0.5) is 11.4 Å². The quantitative estimate of drug-likeness (QED) is 0.332. The fourth-order valence-corrected chi connectivity index (χ4v) is 4.09. The van der Waals surface area contributed by atoms with E-state index in [1.165, 1.54) is 14.2 Å². The highest BCUT2D eigenvalue weighted by molar-refractivity contribution is 9.10. The van der Waals surface area contributed by atoms with Crippen LogP contribution in [0.25, 0.3) is 11.0 Å². The Morgan fingerprint density at radius 2 is 1.70 bits per heavy atom. The number of hydrogen-bond donors (Lipinski definition) is 2. The van der Waals surface area contributed by atoms with Crippen LogP contribution < -0.4 is 20.1 Å². The summed E-state index contributed by atoms with van der Waals surface area (Å²) in [5, 5.41) is 6.47. The zero-order chi connectivity index (χ0) is 23.5. The topological polar surface area (TPSA) is 89.8 Å². The summed E-state index contributed by atoms with van der Waals surface area (Å²) in [5.74, 6) is 0.327. The molecule has 1 heterocycles. The lowest BCUT2D eigenvalue weighted by atomic mass is 10.1. The van der Waals surface area contributed by atoms with E-state index in [9.17, 15) is 9.59 Å². The molecule has 3 aromatic carbocycles. The Labute approximate surface area is 198 Å². The molecule has 2 N–H and O–H groups in total. The molecule has 0 aliphatic carbocycles. The molecule has 0 atom stereocenters. The number of furan rings is 1. The summed E-state index contributed by atoms with van der Waals surface area (Å²) in [7, 11) is 3.01. The lowest BCUT2D eigenvalue weighted by Crippen LogP contribution is -2.15. The zero-order valence-corrected chi connectivity index (χ0v) is 19.8. The third-order valence-electron chi connectivity index (χ3n) is 5.05. The monoisotopic (exact) mass is 508 g/mol. The molecule has 0 unspecified atom stereocenters. The van der Waals surface area contributed by atoms with E-state index in [1.54, 1.807) is 36.4 Å². The van der Waals surface area contributed by atoms with Crippen molar-refractivity contribution < 1.29 is 23.5 Å². The van der Waals surface area contributed by atoms with Crippen LogP contribution in [0.5, 0.6) is 11.5 Å². The van der Waals surface area contributed by atoms with Gasteiger partial charge in [-0.05, 0) is 48.9 Å². The van der Waals surface area contributed by atoms with Crippen LogP contribution in [-0.4, -0.2) is 26.0 Å². The lowest BCUT2D eigenvalue weighted by Gasteiger charge is -2.14. The number of halogens is 1. The zero-order valence-electron chi connectivity index (χ0n) is 18.2. The number of methoxy groups -OCH3 is 2. The van der Waals surface area contributed by atoms with Gasteiger partial charge in [-0.2, -0.15) is 0 Å². The summed E-state index contributed by atoms with van der Waals surface area (Å²) in [6, 6.07) is 17.6. The van der Waals surface area contributed by atoms with Gasteiger partial charge in [-0.15, -0.1) is 0 Å². The molecule has 0 radical (unpaired) electrons. The standard InChI is InChI=1S/C25H21BrN2O5/c1-14-10-16(26)12-18(23(14)32-3)24(29)27-17-8-9-19(21(13-17)31-2)28-25(30)22-11-15-6-4-5-7-20(15)33-22/h4-13H,1-3H3,(H,27,29)(H,28,30). The number of benzene rings is 3. The van der Waals surface area contributed by atoms with Crippen molar-refractivity contribution in [3.05, 3.63) is 82.0 Å². The van der Waals surface area contributed by atoms with Gasteiger partial charge < -0.3 is 24.5 Å². The summed E-state index contributed by atoms with van der Waals surface area (Å²) >= 11 is 3.41. The molecule has 33 heavy (non-hydrogen) atoms. The number of para-hydroxylation sites is 1. The first-order valence-corrected chi connectivity index (χ1v) is 10.8.